The van der Waals surface area contributed by atoms with Crippen molar-refractivity contribution in [3.63, 3.8) is 0 Å². The minimum Gasteiger partial charge on any atom is -0.262 e. The van der Waals surface area contributed by atoms with Crippen LogP contribution in [0.2, 0.25) is 0 Å². The number of hydrogen-bond acceptors (Lipinski definition) is 2. The first-order valence-corrected chi connectivity index (χ1v) is 2.58. The fourth-order valence-corrected chi connectivity index (χ4v) is 0.558. The Kier molecular flexibility index (Phi) is 1.14. The van der Waals surface area contributed by atoms with Crippen LogP contribution in [0.5, 0.6) is 0 Å². The Morgan fingerprint density at radius 2 is 2.67 bits per heavy atom. The lowest BCUT2D eigenvalue weighted by molar-refractivity contribution is 1.19. The van der Waals surface area contributed by atoms with E-state index in [9.17, 15) is 0 Å². The normalized spacial score (nSPS) is 10.0. The van der Waals surface area contributed by atoms with Crippen molar-refractivity contribution in [3.8, 4) is 6.07 Å². The summed E-state index contributed by atoms with van der Waals surface area (Å²) >= 11 is 0. The molecule has 0 aromatic carbocycles. The van der Waals surface area contributed by atoms with Crippen LogP contribution in [0.1, 0.15) is 12.6 Å². The largest absolute Gasteiger partial charge is 0.262 e. The van der Waals surface area contributed by atoms with E-state index in [2.05, 4.69) is 4.98 Å². The Morgan fingerprint density at radius 3 is 3.22 bits per heavy atom. The average Bonchev–Trinajstić information content (AvgIpc) is 1.95. The highest BCUT2D eigenvalue weighted by Gasteiger charge is 1.87. The number of nitriles is 1. The van der Waals surface area contributed by atoms with Gasteiger partial charge in [0.25, 0.3) is 0 Å². The van der Waals surface area contributed by atoms with Crippen molar-refractivity contribution in [2.24, 2.45) is 0 Å². The van der Waals surface area contributed by atoms with Crippen molar-refractivity contribution in [3.05, 3.63) is 29.6 Å². The second kappa shape index (κ2) is 2.27. The van der Waals surface area contributed by atoms with Gasteiger partial charge in [0.05, 0.1) is 13.0 Å². The fourth-order valence-electron chi connectivity index (χ4n) is 0.558. The molecule has 0 fully saturated rings. The Morgan fingerprint density at radius 1 is 1.89 bits per heavy atom. The van der Waals surface area contributed by atoms with Crippen molar-refractivity contribution in [1.82, 2.24) is 4.98 Å². The zero-order chi connectivity index (χ0) is 7.56. The van der Waals surface area contributed by atoms with Gasteiger partial charge in [0.15, 0.2) is 0 Å². The zero-order valence-corrected chi connectivity index (χ0v) is 5.05. The van der Waals surface area contributed by atoms with Crippen LogP contribution >= 0.6 is 0 Å². The van der Waals surface area contributed by atoms with E-state index in [4.69, 9.17) is 6.63 Å². The molecule has 1 heterocycles. The Labute approximate surface area is 55.2 Å². The summed E-state index contributed by atoms with van der Waals surface area (Å²) in [6.07, 6.45) is 1.53. The predicted octanol–water partition coefficient (Wildman–Crippen LogP) is 1.26. The number of rotatable bonds is 0. The molecule has 0 aliphatic rings. The first-order valence-electron chi connectivity index (χ1n) is 3.08. The molecule has 0 spiro atoms. The van der Waals surface area contributed by atoms with Gasteiger partial charge in [0, 0.05) is 11.9 Å². The van der Waals surface area contributed by atoms with Gasteiger partial charge < -0.3 is 0 Å². The minimum atomic E-state index is 0.227. The molecule has 0 N–H and O–H groups in total. The lowest BCUT2D eigenvalue weighted by Gasteiger charge is -1.87. The maximum atomic E-state index is 8.45. The van der Waals surface area contributed by atoms with E-state index in [-0.39, 0.29) is 6.04 Å². The number of pyridine rings is 1. The summed E-state index contributed by atoms with van der Waals surface area (Å²) in [6, 6.07) is 3.67. The predicted molar refractivity (Wildman–Crippen MR) is 33.7 cm³/mol. The van der Waals surface area contributed by atoms with E-state index in [1.165, 1.54) is 12.3 Å². The molecule has 9 heavy (non-hydrogen) atoms. The topological polar surface area (TPSA) is 36.7 Å². The van der Waals surface area contributed by atoms with Crippen molar-refractivity contribution < 1.29 is 1.37 Å². The summed E-state index contributed by atoms with van der Waals surface area (Å²) in [4.78, 5) is 3.85. The molecule has 1 aromatic heterocycles. The molecule has 1 aromatic rings. The molecule has 0 aliphatic heterocycles. The lowest BCUT2D eigenvalue weighted by atomic mass is 10.2. The van der Waals surface area contributed by atoms with Gasteiger partial charge in [0.1, 0.15) is 0 Å². The van der Waals surface area contributed by atoms with Crippen LogP contribution in [0.3, 0.4) is 0 Å². The Hall–Kier alpha value is -1.36. The van der Waals surface area contributed by atoms with E-state index >= 15 is 0 Å². The molecule has 2 nitrogen and oxygen atoms in total. The molecule has 0 amide bonds. The van der Waals surface area contributed by atoms with Crippen LogP contribution in [-0.2, 0) is 0 Å². The third-order valence-electron chi connectivity index (χ3n) is 0.945. The standard InChI is InChI=1S/C7H6N2/c1-6-4-7(5-8)2-3-9-6/h2-4H,1H3/i4D. The lowest BCUT2D eigenvalue weighted by Crippen LogP contribution is -1.79. The van der Waals surface area contributed by atoms with E-state index in [0.29, 0.717) is 11.3 Å². The van der Waals surface area contributed by atoms with Crippen LogP contribution in [0.25, 0.3) is 0 Å². The van der Waals surface area contributed by atoms with E-state index < -0.39 is 0 Å². The van der Waals surface area contributed by atoms with Gasteiger partial charge in [-0.2, -0.15) is 5.26 Å². The maximum absolute atomic E-state index is 8.45. The van der Waals surface area contributed by atoms with Gasteiger partial charge in [-0.25, -0.2) is 0 Å². The molecule has 1 rings (SSSR count). The number of aromatic nitrogens is 1. The molecule has 44 valence electrons. The molecule has 0 atom stereocenters. The second-order valence-electron chi connectivity index (χ2n) is 1.68. The van der Waals surface area contributed by atoms with Crippen LogP contribution in [0.4, 0.5) is 0 Å². The smallest absolute Gasteiger partial charge is 0.0992 e. The average molecular weight is 119 g/mol. The van der Waals surface area contributed by atoms with Crippen molar-refractivity contribution in [2.45, 2.75) is 6.92 Å². The second-order valence-corrected chi connectivity index (χ2v) is 1.68. The summed E-state index contributed by atoms with van der Waals surface area (Å²) in [5.74, 6) is 0. The van der Waals surface area contributed by atoms with Gasteiger partial charge in [-0.1, -0.05) is 0 Å². The van der Waals surface area contributed by atoms with E-state index in [0.717, 1.165) is 0 Å². The molecule has 0 saturated heterocycles. The number of nitrogens with zero attached hydrogens (tertiary/aromatic N) is 2. The fraction of sp³-hybridized carbons (Fsp3) is 0.143. The van der Waals surface area contributed by atoms with Gasteiger partial charge >= 0.3 is 0 Å². The minimum absolute atomic E-state index is 0.227. The summed E-state index contributed by atoms with van der Waals surface area (Å²) in [5.41, 5.74) is 0.978. The quantitative estimate of drug-likeness (QED) is 0.515. The third kappa shape index (κ3) is 1.26. The van der Waals surface area contributed by atoms with Gasteiger partial charge in [-0.3, -0.25) is 4.98 Å². The molecular weight excluding hydrogens is 112 g/mol. The van der Waals surface area contributed by atoms with Crippen LogP contribution in [0, 0.1) is 18.3 Å². The number of hydrogen-bond donors (Lipinski definition) is 0. The summed E-state index contributed by atoms with van der Waals surface area (Å²) in [5, 5.41) is 8.45. The Balaban J connectivity index is 3.31. The van der Waals surface area contributed by atoms with Crippen LogP contribution in [-0.4, -0.2) is 4.98 Å². The van der Waals surface area contributed by atoms with Gasteiger partial charge in [-0.05, 0) is 19.0 Å². The molecular formula is C7H6N2. The third-order valence-corrected chi connectivity index (χ3v) is 0.945. The highest BCUT2D eigenvalue weighted by Crippen LogP contribution is 1.96. The van der Waals surface area contributed by atoms with Gasteiger partial charge in [-0.15, -0.1) is 0 Å². The molecule has 0 aliphatic carbocycles. The summed E-state index contributed by atoms with van der Waals surface area (Å²) in [6.45, 7) is 1.71. The van der Waals surface area contributed by atoms with Crippen molar-refractivity contribution in [2.75, 3.05) is 0 Å². The van der Waals surface area contributed by atoms with Crippen molar-refractivity contribution in [1.29, 1.82) is 5.26 Å². The van der Waals surface area contributed by atoms with E-state index in [1.807, 2.05) is 6.07 Å². The molecule has 0 saturated carbocycles. The van der Waals surface area contributed by atoms with Crippen LogP contribution in [0.15, 0.2) is 18.3 Å². The van der Waals surface area contributed by atoms with Gasteiger partial charge in [0.2, 0.25) is 0 Å². The van der Waals surface area contributed by atoms with Crippen LogP contribution < -0.4 is 0 Å². The molecule has 0 unspecified atom stereocenters. The molecule has 2 heteroatoms. The first kappa shape index (κ1) is 4.51. The van der Waals surface area contributed by atoms with E-state index in [1.54, 1.807) is 6.92 Å². The summed E-state index contributed by atoms with van der Waals surface area (Å²) < 4.78 is 7.31. The van der Waals surface area contributed by atoms with Crippen molar-refractivity contribution >= 4 is 0 Å². The Bertz CT molecular complexity index is 288. The monoisotopic (exact) mass is 119 g/mol. The first-order chi connectivity index (χ1) is 4.75. The molecule has 0 radical (unpaired) electrons. The maximum Gasteiger partial charge on any atom is 0.0992 e. The highest BCUT2D eigenvalue weighted by atomic mass is 14.6. The summed E-state index contributed by atoms with van der Waals surface area (Å²) in [7, 11) is 0. The highest BCUT2D eigenvalue weighted by molar-refractivity contribution is 5.27. The SMILES string of the molecule is [2H]c1c(C#N)ccnc1C. The number of aryl methyl sites for hydroxylation is 1. The zero-order valence-electron chi connectivity index (χ0n) is 6.05. The molecule has 0 bridgehead atoms.